The van der Waals surface area contributed by atoms with Crippen LogP contribution in [0.2, 0.25) is 0 Å². The molecule has 1 aromatic rings. The first kappa shape index (κ1) is 7.84. The number of hydroxylamine groups is 1. The molecule has 0 fully saturated rings. The van der Waals surface area contributed by atoms with Crippen LogP contribution in [-0.4, -0.2) is 7.05 Å². The average molecular weight is 152 g/mol. The summed E-state index contributed by atoms with van der Waals surface area (Å²) in [7, 11) is 1.45. The highest BCUT2D eigenvalue weighted by atomic mass is 16.5. The lowest BCUT2D eigenvalue weighted by molar-refractivity contribution is -0.751. The van der Waals surface area contributed by atoms with Crippen molar-refractivity contribution >= 4 is 11.4 Å². The number of benzene rings is 1. The van der Waals surface area contributed by atoms with E-state index >= 15 is 0 Å². The number of hydrogen-bond acceptors (Lipinski definition) is 3. The number of quaternary nitrogens is 1. The molecule has 0 saturated heterocycles. The fourth-order valence-electron chi connectivity index (χ4n) is 0.782. The van der Waals surface area contributed by atoms with Crippen LogP contribution in [0.4, 0.5) is 11.4 Å². The van der Waals surface area contributed by atoms with Crippen LogP contribution >= 0.6 is 0 Å². The van der Waals surface area contributed by atoms with Gasteiger partial charge in [-0.05, 0) is 17.3 Å². The lowest BCUT2D eigenvalue weighted by Gasteiger charge is -2.14. The van der Waals surface area contributed by atoms with Crippen LogP contribution in [0.15, 0.2) is 29.4 Å². The minimum atomic E-state index is -0.0597. The van der Waals surface area contributed by atoms with Gasteiger partial charge in [0.1, 0.15) is 11.4 Å². The first-order valence-electron chi connectivity index (χ1n) is 3.18. The van der Waals surface area contributed by atoms with Gasteiger partial charge in [0.05, 0.1) is 7.05 Å². The molecule has 0 amide bonds. The van der Waals surface area contributed by atoms with Crippen LogP contribution < -0.4 is 5.06 Å². The normalized spacial score (nSPS) is 12.5. The molecule has 0 aliphatic carbocycles. The number of hydrogen-bond donors (Lipinski definition) is 1. The zero-order chi connectivity index (χ0) is 8.27. The van der Waals surface area contributed by atoms with Gasteiger partial charge in [-0.1, -0.05) is 6.07 Å². The monoisotopic (exact) mass is 152 g/mol. The first-order chi connectivity index (χ1) is 5.24. The molecule has 4 heteroatoms. The summed E-state index contributed by atoms with van der Waals surface area (Å²) in [4.78, 5) is 10.0. The van der Waals surface area contributed by atoms with Gasteiger partial charge in [0.15, 0.2) is 0 Å². The molecule has 0 radical (unpaired) electrons. The third kappa shape index (κ3) is 1.83. The van der Waals surface area contributed by atoms with E-state index in [2.05, 4.69) is 5.18 Å². The Morgan fingerprint density at radius 3 is 2.82 bits per heavy atom. The number of nitrogens with zero attached hydrogens (tertiary/aromatic N) is 1. The van der Waals surface area contributed by atoms with Crippen molar-refractivity contribution in [3.8, 4) is 0 Å². The predicted octanol–water partition coefficient (Wildman–Crippen LogP) is 0.728. The van der Waals surface area contributed by atoms with Crippen molar-refractivity contribution in [2.24, 2.45) is 5.18 Å². The van der Waals surface area contributed by atoms with E-state index in [-0.39, 0.29) is 10.8 Å². The summed E-state index contributed by atoms with van der Waals surface area (Å²) in [5.41, 5.74) is 0.805. The largest absolute Gasteiger partial charge is 0.629 e. The second kappa shape index (κ2) is 3.23. The molecule has 0 aromatic heterocycles. The van der Waals surface area contributed by atoms with Crippen molar-refractivity contribution < 1.29 is 5.06 Å². The SMILES string of the molecule is C[NH+]([O-])c1cccc(N=O)c1. The smallest absolute Gasteiger partial charge is 0.133 e. The van der Waals surface area contributed by atoms with Crippen molar-refractivity contribution in [2.45, 2.75) is 0 Å². The Kier molecular flexibility index (Phi) is 2.30. The summed E-state index contributed by atoms with van der Waals surface area (Å²) in [6.07, 6.45) is 0. The van der Waals surface area contributed by atoms with E-state index in [1.807, 2.05) is 0 Å². The van der Waals surface area contributed by atoms with Crippen molar-refractivity contribution in [3.63, 3.8) is 0 Å². The van der Waals surface area contributed by atoms with E-state index in [1.165, 1.54) is 13.1 Å². The lowest BCUT2D eigenvalue weighted by atomic mass is 10.3. The Labute approximate surface area is 64.0 Å². The van der Waals surface area contributed by atoms with Crippen LogP contribution in [0.3, 0.4) is 0 Å². The van der Waals surface area contributed by atoms with Crippen LogP contribution in [0.25, 0.3) is 0 Å². The second-order valence-electron chi connectivity index (χ2n) is 2.20. The summed E-state index contributed by atoms with van der Waals surface area (Å²) < 4.78 is 0. The van der Waals surface area contributed by atoms with Gasteiger partial charge in [-0.15, -0.1) is 4.91 Å². The minimum Gasteiger partial charge on any atom is -0.629 e. The Hall–Kier alpha value is -1.26. The molecule has 1 rings (SSSR count). The highest BCUT2D eigenvalue weighted by Crippen LogP contribution is 2.13. The summed E-state index contributed by atoms with van der Waals surface area (Å²) in [6.45, 7) is 0. The molecule has 0 aliphatic rings. The van der Waals surface area contributed by atoms with Crippen LogP contribution in [0.1, 0.15) is 0 Å². The molecule has 58 valence electrons. The maximum atomic E-state index is 10.8. The molecule has 0 bridgehead atoms. The van der Waals surface area contributed by atoms with Crippen molar-refractivity contribution in [3.05, 3.63) is 34.4 Å². The van der Waals surface area contributed by atoms with E-state index in [9.17, 15) is 10.1 Å². The lowest BCUT2D eigenvalue weighted by Crippen LogP contribution is -2.98. The zero-order valence-electron chi connectivity index (χ0n) is 6.07. The minimum absolute atomic E-state index is 0.0597. The molecule has 1 atom stereocenters. The van der Waals surface area contributed by atoms with E-state index in [1.54, 1.807) is 18.2 Å². The highest BCUT2D eigenvalue weighted by molar-refractivity contribution is 5.46. The van der Waals surface area contributed by atoms with Crippen LogP contribution in [0.5, 0.6) is 0 Å². The molecule has 4 nitrogen and oxygen atoms in total. The fourth-order valence-corrected chi connectivity index (χ4v) is 0.782. The standard InChI is InChI=1S/C7H8N2O2/c1-9(11)7-4-2-3-6(5-7)8-10/h2-5,9H,1H3. The van der Waals surface area contributed by atoms with Gasteiger partial charge in [-0.25, -0.2) is 0 Å². The average Bonchev–Trinajstić information content (AvgIpc) is 2.05. The molecule has 0 saturated carbocycles. The fraction of sp³-hybridized carbons (Fsp3) is 0.143. The number of nitroso groups, excluding NO2 is 1. The zero-order valence-corrected chi connectivity index (χ0v) is 6.07. The molecular weight excluding hydrogens is 144 g/mol. The third-order valence-electron chi connectivity index (χ3n) is 1.36. The van der Waals surface area contributed by atoms with Gasteiger partial charge in [-0.2, -0.15) is 0 Å². The van der Waals surface area contributed by atoms with E-state index < -0.39 is 0 Å². The maximum Gasteiger partial charge on any atom is 0.133 e. The van der Waals surface area contributed by atoms with Crippen molar-refractivity contribution in [1.29, 1.82) is 0 Å². The van der Waals surface area contributed by atoms with Crippen LogP contribution in [0, 0.1) is 10.1 Å². The Balaban J connectivity index is 3.00. The summed E-state index contributed by atoms with van der Waals surface area (Å²) >= 11 is 0. The Bertz CT molecular complexity index is 260. The molecule has 1 unspecified atom stereocenters. The van der Waals surface area contributed by atoms with Gasteiger partial charge in [0.25, 0.3) is 0 Å². The molecule has 0 aliphatic heterocycles. The predicted molar refractivity (Wildman–Crippen MR) is 41.8 cm³/mol. The van der Waals surface area contributed by atoms with E-state index in [4.69, 9.17) is 0 Å². The number of nitrogens with one attached hydrogen (secondary N) is 1. The maximum absolute atomic E-state index is 10.8. The molecule has 0 heterocycles. The quantitative estimate of drug-likeness (QED) is 0.501. The number of rotatable bonds is 2. The summed E-state index contributed by atoms with van der Waals surface area (Å²) in [5, 5.41) is 13.4. The summed E-state index contributed by atoms with van der Waals surface area (Å²) in [6, 6.07) is 6.30. The first-order valence-corrected chi connectivity index (χ1v) is 3.18. The van der Waals surface area contributed by atoms with Gasteiger partial charge in [0, 0.05) is 6.07 Å². The molecule has 11 heavy (non-hydrogen) atoms. The Morgan fingerprint density at radius 2 is 2.27 bits per heavy atom. The summed E-state index contributed by atoms with van der Waals surface area (Å²) in [5.74, 6) is 0. The molecular formula is C7H8N2O2. The van der Waals surface area contributed by atoms with Gasteiger partial charge in [-0.3, -0.25) is 0 Å². The van der Waals surface area contributed by atoms with E-state index in [0.717, 1.165) is 0 Å². The van der Waals surface area contributed by atoms with Gasteiger partial charge in [0.2, 0.25) is 0 Å². The second-order valence-corrected chi connectivity index (χ2v) is 2.20. The third-order valence-corrected chi connectivity index (χ3v) is 1.36. The molecule has 0 spiro atoms. The van der Waals surface area contributed by atoms with Crippen molar-refractivity contribution in [2.75, 3.05) is 7.05 Å². The van der Waals surface area contributed by atoms with Gasteiger partial charge >= 0.3 is 0 Å². The van der Waals surface area contributed by atoms with Crippen molar-refractivity contribution in [1.82, 2.24) is 0 Å². The molecule has 1 N–H and O–H groups in total. The highest BCUT2D eigenvalue weighted by Gasteiger charge is 1.97. The van der Waals surface area contributed by atoms with Gasteiger partial charge < -0.3 is 10.3 Å². The topological polar surface area (TPSA) is 56.9 Å². The van der Waals surface area contributed by atoms with Crippen LogP contribution in [-0.2, 0) is 0 Å². The van der Waals surface area contributed by atoms with E-state index in [0.29, 0.717) is 5.69 Å². The molecule has 1 aromatic carbocycles. The Morgan fingerprint density at radius 1 is 1.55 bits per heavy atom.